The van der Waals surface area contributed by atoms with Gasteiger partial charge in [0.1, 0.15) is 12.1 Å². The fourth-order valence-electron chi connectivity index (χ4n) is 2.35. The summed E-state index contributed by atoms with van der Waals surface area (Å²) in [6, 6.07) is 10.7. The van der Waals surface area contributed by atoms with Crippen molar-refractivity contribution in [1.82, 2.24) is 30.2 Å². The molecule has 28 heavy (non-hydrogen) atoms. The number of hydrogen-bond acceptors (Lipinski definition) is 8. The molecule has 0 bridgehead atoms. The highest BCUT2D eigenvalue weighted by molar-refractivity contribution is 7.13. The van der Waals surface area contributed by atoms with Gasteiger partial charge in [0.15, 0.2) is 5.13 Å². The predicted molar refractivity (Wildman–Crippen MR) is 106 cm³/mol. The second kappa shape index (κ2) is 8.11. The smallest absolute Gasteiger partial charge is 0.230 e. The highest BCUT2D eigenvalue weighted by Gasteiger charge is 2.09. The van der Waals surface area contributed by atoms with Crippen LogP contribution in [0.2, 0.25) is 5.02 Å². The number of anilines is 3. The van der Waals surface area contributed by atoms with Crippen molar-refractivity contribution in [2.45, 2.75) is 6.42 Å². The number of amides is 1. The molecule has 1 amide bonds. The molecule has 0 aliphatic carbocycles. The Kier molecular flexibility index (Phi) is 5.22. The molecule has 3 aromatic heterocycles. The van der Waals surface area contributed by atoms with Gasteiger partial charge in [-0.25, -0.2) is 14.6 Å². The number of nitrogens with zero attached hydrogens (tertiary/aromatic N) is 6. The van der Waals surface area contributed by atoms with E-state index >= 15 is 0 Å². The zero-order chi connectivity index (χ0) is 19.3. The second-order valence-electron chi connectivity index (χ2n) is 5.66. The van der Waals surface area contributed by atoms with Crippen LogP contribution < -0.4 is 10.6 Å². The molecular weight excluding hydrogens is 400 g/mol. The van der Waals surface area contributed by atoms with E-state index in [4.69, 9.17) is 11.6 Å². The maximum absolute atomic E-state index is 12.3. The Morgan fingerprint density at radius 1 is 1.18 bits per heavy atom. The van der Waals surface area contributed by atoms with Gasteiger partial charge in [-0.2, -0.15) is 0 Å². The molecule has 0 atom stereocenters. The quantitative estimate of drug-likeness (QED) is 0.500. The number of hydrogen-bond donors (Lipinski definition) is 2. The average molecular weight is 413 g/mol. The van der Waals surface area contributed by atoms with E-state index in [1.54, 1.807) is 30.5 Å². The van der Waals surface area contributed by atoms with E-state index < -0.39 is 0 Å². The van der Waals surface area contributed by atoms with Gasteiger partial charge in [-0.15, -0.1) is 16.4 Å². The van der Waals surface area contributed by atoms with Gasteiger partial charge in [0.05, 0.1) is 22.8 Å². The van der Waals surface area contributed by atoms with Crippen molar-refractivity contribution in [3.8, 4) is 5.69 Å². The molecular formula is C17H13ClN8OS. The first-order valence-electron chi connectivity index (χ1n) is 8.12. The minimum absolute atomic E-state index is 0.156. The lowest BCUT2D eigenvalue weighted by Gasteiger charge is -2.05. The summed E-state index contributed by atoms with van der Waals surface area (Å²) in [7, 11) is 0. The van der Waals surface area contributed by atoms with Crippen LogP contribution in [0.3, 0.4) is 0 Å². The van der Waals surface area contributed by atoms with Crippen LogP contribution in [0.25, 0.3) is 5.69 Å². The lowest BCUT2D eigenvalue weighted by molar-refractivity contribution is -0.115. The second-order valence-corrected chi connectivity index (χ2v) is 6.95. The third kappa shape index (κ3) is 4.48. The van der Waals surface area contributed by atoms with Gasteiger partial charge >= 0.3 is 0 Å². The van der Waals surface area contributed by atoms with E-state index in [0.717, 1.165) is 5.69 Å². The van der Waals surface area contributed by atoms with Gasteiger partial charge in [0.2, 0.25) is 5.91 Å². The van der Waals surface area contributed by atoms with Crippen molar-refractivity contribution in [2.24, 2.45) is 0 Å². The van der Waals surface area contributed by atoms with Crippen molar-refractivity contribution in [3.63, 3.8) is 0 Å². The molecule has 0 saturated heterocycles. The minimum atomic E-state index is -0.156. The fraction of sp³-hybridized carbons (Fsp3) is 0.0588. The lowest BCUT2D eigenvalue weighted by Crippen LogP contribution is -2.14. The van der Waals surface area contributed by atoms with Crippen molar-refractivity contribution >= 4 is 45.5 Å². The molecule has 0 fully saturated rings. The number of benzene rings is 1. The molecule has 140 valence electrons. The van der Waals surface area contributed by atoms with Gasteiger partial charge in [-0.3, -0.25) is 4.79 Å². The average Bonchev–Trinajstić information content (AvgIpc) is 3.37. The summed E-state index contributed by atoms with van der Waals surface area (Å²) in [5.41, 5.74) is 2.15. The Labute approximate surface area is 168 Å². The number of pyridine rings is 1. The van der Waals surface area contributed by atoms with Gasteiger partial charge < -0.3 is 10.6 Å². The maximum atomic E-state index is 12.3. The number of carbonyl (C=O) groups excluding carboxylic acids is 1. The maximum Gasteiger partial charge on any atom is 0.230 e. The highest BCUT2D eigenvalue weighted by Crippen LogP contribution is 2.21. The number of thiazole rings is 1. The number of nitrogens with one attached hydrogen (secondary N) is 2. The Morgan fingerprint density at radius 3 is 2.75 bits per heavy atom. The third-order valence-electron chi connectivity index (χ3n) is 3.62. The number of tetrazole rings is 1. The first-order chi connectivity index (χ1) is 13.7. The minimum Gasteiger partial charge on any atom is -0.326 e. The van der Waals surface area contributed by atoms with Crippen molar-refractivity contribution < 1.29 is 4.79 Å². The molecule has 4 aromatic rings. The first kappa shape index (κ1) is 18.0. The predicted octanol–water partition coefficient (Wildman–Crippen LogP) is 3.09. The van der Waals surface area contributed by atoms with Crippen LogP contribution in [-0.4, -0.2) is 36.1 Å². The van der Waals surface area contributed by atoms with E-state index in [0.29, 0.717) is 27.4 Å². The van der Waals surface area contributed by atoms with Crippen LogP contribution in [0, 0.1) is 0 Å². The van der Waals surface area contributed by atoms with E-state index in [2.05, 4.69) is 36.1 Å². The van der Waals surface area contributed by atoms with Gasteiger partial charge in [-0.05, 0) is 46.8 Å². The number of aromatic nitrogens is 6. The molecule has 0 spiro atoms. The van der Waals surface area contributed by atoms with Crippen LogP contribution in [0.5, 0.6) is 0 Å². The van der Waals surface area contributed by atoms with Crippen molar-refractivity contribution in [3.05, 3.63) is 65.0 Å². The number of halogens is 1. The summed E-state index contributed by atoms with van der Waals surface area (Å²) in [4.78, 5) is 20.8. The van der Waals surface area contributed by atoms with Gasteiger partial charge in [0.25, 0.3) is 0 Å². The molecule has 0 aliphatic rings. The summed E-state index contributed by atoms with van der Waals surface area (Å²) in [6.45, 7) is 0. The van der Waals surface area contributed by atoms with Crippen LogP contribution in [0.1, 0.15) is 5.69 Å². The zero-order valence-corrected chi connectivity index (χ0v) is 15.9. The molecule has 0 radical (unpaired) electrons. The van der Waals surface area contributed by atoms with Gasteiger partial charge in [-0.1, -0.05) is 11.6 Å². The molecule has 0 unspecified atom stereocenters. The van der Waals surface area contributed by atoms with Crippen molar-refractivity contribution in [1.29, 1.82) is 0 Å². The Morgan fingerprint density at radius 2 is 2.04 bits per heavy atom. The van der Waals surface area contributed by atoms with Crippen molar-refractivity contribution in [2.75, 3.05) is 10.6 Å². The number of carbonyl (C=O) groups is 1. The topological polar surface area (TPSA) is 111 Å². The normalized spacial score (nSPS) is 10.6. The van der Waals surface area contributed by atoms with E-state index in [1.807, 2.05) is 17.5 Å². The van der Waals surface area contributed by atoms with Gasteiger partial charge in [0, 0.05) is 17.3 Å². The molecule has 11 heteroatoms. The van der Waals surface area contributed by atoms with Crippen LogP contribution in [0.15, 0.2) is 54.3 Å². The van der Waals surface area contributed by atoms with Crippen LogP contribution >= 0.6 is 22.9 Å². The largest absolute Gasteiger partial charge is 0.326 e. The summed E-state index contributed by atoms with van der Waals surface area (Å²) >= 11 is 7.22. The Hall–Kier alpha value is -3.37. The standard InChI is InChI=1S/C17H13ClN8OS/c18-11-1-6-15(19-8-11)23-17-22-13(9-28-17)7-16(27)21-12-2-4-14(5-3-12)26-10-20-24-25-26/h1-6,8-10H,7H2,(H,21,27)(H,19,22,23). The monoisotopic (exact) mass is 412 g/mol. The molecule has 9 nitrogen and oxygen atoms in total. The highest BCUT2D eigenvalue weighted by atomic mass is 35.5. The molecule has 0 saturated carbocycles. The third-order valence-corrected chi connectivity index (χ3v) is 4.65. The summed E-state index contributed by atoms with van der Waals surface area (Å²) in [6.07, 6.45) is 3.22. The SMILES string of the molecule is O=C(Cc1csc(Nc2ccc(Cl)cn2)n1)Nc1ccc(-n2cnnn2)cc1. The zero-order valence-electron chi connectivity index (χ0n) is 14.3. The molecule has 2 N–H and O–H groups in total. The molecule has 0 aliphatic heterocycles. The van der Waals surface area contributed by atoms with Crippen LogP contribution in [-0.2, 0) is 11.2 Å². The summed E-state index contributed by atoms with van der Waals surface area (Å²) in [5, 5.41) is 20.0. The van der Waals surface area contributed by atoms with E-state index in [-0.39, 0.29) is 12.3 Å². The summed E-state index contributed by atoms with van der Waals surface area (Å²) < 4.78 is 1.53. The lowest BCUT2D eigenvalue weighted by atomic mass is 10.2. The van der Waals surface area contributed by atoms with E-state index in [1.165, 1.54) is 22.3 Å². The Bertz CT molecular complexity index is 1060. The molecule has 3 heterocycles. The molecule has 4 rings (SSSR count). The summed E-state index contributed by atoms with van der Waals surface area (Å²) in [5.74, 6) is 0.481. The first-order valence-corrected chi connectivity index (χ1v) is 9.38. The van der Waals surface area contributed by atoms with E-state index in [9.17, 15) is 4.79 Å². The van der Waals surface area contributed by atoms with Crippen LogP contribution in [0.4, 0.5) is 16.6 Å². The number of rotatable bonds is 6. The fourth-order valence-corrected chi connectivity index (χ4v) is 3.18. The molecule has 1 aromatic carbocycles. The Balaban J connectivity index is 1.34.